The predicted octanol–water partition coefficient (Wildman–Crippen LogP) is 2.00. The summed E-state index contributed by atoms with van der Waals surface area (Å²) in [5, 5.41) is 16.4. The summed E-state index contributed by atoms with van der Waals surface area (Å²) in [6, 6.07) is 1.53. The molecule has 0 bridgehead atoms. The summed E-state index contributed by atoms with van der Waals surface area (Å²) in [6.45, 7) is 1.68. The van der Waals surface area contributed by atoms with Gasteiger partial charge in [0.15, 0.2) is 0 Å². The lowest BCUT2D eigenvalue weighted by molar-refractivity contribution is 0.0703. The summed E-state index contributed by atoms with van der Waals surface area (Å²) in [5.74, 6) is -1.52. The van der Waals surface area contributed by atoms with Crippen molar-refractivity contribution in [2.24, 2.45) is 0 Å². The van der Waals surface area contributed by atoms with Crippen molar-refractivity contribution >= 4 is 28.9 Å². The van der Waals surface area contributed by atoms with E-state index in [9.17, 15) is 9.59 Å². The fourth-order valence-electron chi connectivity index (χ4n) is 1.26. The summed E-state index contributed by atoms with van der Waals surface area (Å²) < 4.78 is 4.77. The molecule has 0 aliphatic rings. The Morgan fingerprint density at radius 1 is 1.53 bits per heavy atom. The topological polar surface area (TPSA) is 92.4 Å². The van der Waals surface area contributed by atoms with Crippen molar-refractivity contribution < 1.29 is 19.2 Å². The number of thiophene rings is 1. The van der Waals surface area contributed by atoms with Crippen molar-refractivity contribution in [3.63, 3.8) is 0 Å². The molecule has 6 nitrogen and oxygen atoms in total. The van der Waals surface area contributed by atoms with Gasteiger partial charge >= 0.3 is 5.97 Å². The van der Waals surface area contributed by atoms with Crippen molar-refractivity contribution in [3.8, 4) is 0 Å². The van der Waals surface area contributed by atoms with E-state index in [0.717, 1.165) is 11.3 Å². The van der Waals surface area contributed by atoms with Gasteiger partial charge in [-0.05, 0) is 18.4 Å². The van der Waals surface area contributed by atoms with Crippen LogP contribution in [0.1, 0.15) is 25.8 Å². The Morgan fingerprint density at radius 2 is 2.29 bits per heavy atom. The minimum Gasteiger partial charge on any atom is -0.477 e. The van der Waals surface area contributed by atoms with Gasteiger partial charge in [-0.1, -0.05) is 5.16 Å². The molecule has 2 aromatic heterocycles. The number of aromatic carboxylic acids is 1. The van der Waals surface area contributed by atoms with Crippen LogP contribution < -0.4 is 5.32 Å². The Labute approximate surface area is 99.9 Å². The molecule has 0 aliphatic carbocycles. The van der Waals surface area contributed by atoms with Crippen molar-refractivity contribution in [3.05, 3.63) is 33.8 Å². The number of carboxylic acids is 1. The molecular formula is C10H8N2O4S. The first kappa shape index (κ1) is 11.3. The van der Waals surface area contributed by atoms with Gasteiger partial charge in [0.1, 0.15) is 4.88 Å². The summed E-state index contributed by atoms with van der Waals surface area (Å²) >= 11 is 1.04. The Hall–Kier alpha value is -2.15. The van der Waals surface area contributed by atoms with E-state index < -0.39 is 11.9 Å². The maximum Gasteiger partial charge on any atom is 0.348 e. The molecule has 0 radical (unpaired) electrons. The lowest BCUT2D eigenvalue weighted by Gasteiger charge is -2.01. The van der Waals surface area contributed by atoms with Gasteiger partial charge < -0.3 is 14.9 Å². The minimum atomic E-state index is -1.08. The molecule has 17 heavy (non-hydrogen) atoms. The predicted molar refractivity (Wildman–Crippen MR) is 60.5 cm³/mol. The third-order valence-corrected chi connectivity index (χ3v) is 2.96. The van der Waals surface area contributed by atoms with Crippen molar-refractivity contribution in [2.45, 2.75) is 6.92 Å². The van der Waals surface area contributed by atoms with E-state index >= 15 is 0 Å². The highest BCUT2D eigenvalue weighted by Gasteiger charge is 2.18. The van der Waals surface area contributed by atoms with E-state index in [0.29, 0.717) is 5.56 Å². The number of nitrogens with one attached hydrogen (secondary N) is 1. The smallest absolute Gasteiger partial charge is 0.348 e. The largest absolute Gasteiger partial charge is 0.477 e. The molecule has 2 aromatic rings. The molecule has 0 saturated carbocycles. The van der Waals surface area contributed by atoms with E-state index in [2.05, 4.69) is 10.5 Å². The number of carbonyl (C=O) groups is 2. The number of aromatic nitrogens is 1. The molecule has 0 atom stereocenters. The van der Waals surface area contributed by atoms with Gasteiger partial charge in [0.2, 0.25) is 5.76 Å². The SMILES string of the molecule is Cc1cnoc1C(=O)Nc1ccsc1C(=O)O. The molecule has 2 rings (SSSR count). The molecule has 88 valence electrons. The van der Waals surface area contributed by atoms with Crippen LogP contribution in [0.4, 0.5) is 5.69 Å². The Bertz CT molecular complexity index is 572. The van der Waals surface area contributed by atoms with Crippen LogP contribution in [0.5, 0.6) is 0 Å². The zero-order chi connectivity index (χ0) is 12.4. The average Bonchev–Trinajstić information content (AvgIpc) is 2.86. The summed E-state index contributed by atoms with van der Waals surface area (Å²) in [7, 11) is 0. The average molecular weight is 252 g/mol. The van der Waals surface area contributed by atoms with Gasteiger partial charge in [0, 0.05) is 5.56 Å². The number of nitrogens with zero attached hydrogens (tertiary/aromatic N) is 1. The van der Waals surface area contributed by atoms with Crippen LogP contribution in [0.15, 0.2) is 22.2 Å². The molecule has 0 fully saturated rings. The van der Waals surface area contributed by atoms with Crippen LogP contribution in [0.2, 0.25) is 0 Å². The molecule has 0 saturated heterocycles. The molecule has 1 amide bonds. The van der Waals surface area contributed by atoms with Gasteiger partial charge in [-0.3, -0.25) is 4.79 Å². The maximum absolute atomic E-state index is 11.7. The van der Waals surface area contributed by atoms with Gasteiger partial charge in [-0.25, -0.2) is 4.79 Å². The normalized spacial score (nSPS) is 10.2. The van der Waals surface area contributed by atoms with Crippen LogP contribution in [-0.4, -0.2) is 22.1 Å². The third kappa shape index (κ3) is 2.18. The van der Waals surface area contributed by atoms with E-state index in [-0.39, 0.29) is 16.3 Å². The quantitative estimate of drug-likeness (QED) is 0.871. The highest BCUT2D eigenvalue weighted by molar-refractivity contribution is 7.12. The number of carboxylic acid groups (broad SMARTS) is 1. The van der Waals surface area contributed by atoms with Crippen molar-refractivity contribution in [1.29, 1.82) is 0 Å². The molecule has 0 unspecified atom stereocenters. The van der Waals surface area contributed by atoms with Crippen LogP contribution in [0.25, 0.3) is 0 Å². The summed E-state index contributed by atoms with van der Waals surface area (Å²) in [5.41, 5.74) is 0.845. The van der Waals surface area contributed by atoms with Crippen molar-refractivity contribution in [2.75, 3.05) is 5.32 Å². The molecule has 2 N–H and O–H groups in total. The number of rotatable bonds is 3. The highest BCUT2D eigenvalue weighted by atomic mass is 32.1. The second-order valence-corrected chi connectivity index (χ2v) is 4.18. The second-order valence-electron chi connectivity index (χ2n) is 3.26. The lowest BCUT2D eigenvalue weighted by atomic mass is 10.2. The molecular weight excluding hydrogens is 244 g/mol. The highest BCUT2D eigenvalue weighted by Crippen LogP contribution is 2.23. The Morgan fingerprint density at radius 3 is 2.88 bits per heavy atom. The second kappa shape index (κ2) is 4.38. The maximum atomic E-state index is 11.7. The standard InChI is InChI=1S/C10H8N2O4S/c1-5-4-11-16-7(5)9(13)12-6-2-3-17-8(6)10(14)15/h2-4H,1H3,(H,12,13)(H,14,15). The van der Waals surface area contributed by atoms with Gasteiger partial charge in [-0.15, -0.1) is 11.3 Å². The number of anilines is 1. The monoisotopic (exact) mass is 252 g/mol. The molecule has 0 aromatic carbocycles. The number of hydrogen-bond donors (Lipinski definition) is 2. The molecule has 2 heterocycles. The van der Waals surface area contributed by atoms with E-state index in [1.807, 2.05) is 0 Å². The fraction of sp³-hybridized carbons (Fsp3) is 0.100. The van der Waals surface area contributed by atoms with Crippen LogP contribution in [-0.2, 0) is 0 Å². The summed E-state index contributed by atoms with van der Waals surface area (Å²) in [6.07, 6.45) is 1.42. The first-order valence-corrected chi connectivity index (χ1v) is 5.51. The third-order valence-electron chi connectivity index (χ3n) is 2.06. The molecule has 7 heteroatoms. The van der Waals surface area contributed by atoms with E-state index in [1.54, 1.807) is 12.3 Å². The number of carbonyl (C=O) groups excluding carboxylic acids is 1. The zero-order valence-electron chi connectivity index (χ0n) is 8.76. The number of hydrogen-bond acceptors (Lipinski definition) is 5. The van der Waals surface area contributed by atoms with Crippen molar-refractivity contribution in [1.82, 2.24) is 5.16 Å². The first-order chi connectivity index (χ1) is 8.09. The summed E-state index contributed by atoms with van der Waals surface area (Å²) in [4.78, 5) is 22.7. The molecule has 0 spiro atoms. The Balaban J connectivity index is 2.22. The van der Waals surface area contributed by atoms with Crippen LogP contribution in [0.3, 0.4) is 0 Å². The minimum absolute atomic E-state index is 0.0764. The zero-order valence-corrected chi connectivity index (χ0v) is 9.58. The van der Waals surface area contributed by atoms with Gasteiger partial charge in [-0.2, -0.15) is 0 Å². The molecule has 0 aliphatic heterocycles. The Kier molecular flexibility index (Phi) is 2.92. The van der Waals surface area contributed by atoms with E-state index in [1.165, 1.54) is 12.3 Å². The fourth-order valence-corrected chi connectivity index (χ4v) is 1.95. The lowest BCUT2D eigenvalue weighted by Crippen LogP contribution is -2.13. The number of aryl methyl sites for hydroxylation is 1. The first-order valence-electron chi connectivity index (χ1n) is 4.63. The van der Waals surface area contributed by atoms with Crippen LogP contribution >= 0.6 is 11.3 Å². The number of amides is 1. The van der Waals surface area contributed by atoms with E-state index in [4.69, 9.17) is 9.63 Å². The van der Waals surface area contributed by atoms with Gasteiger partial charge in [0.05, 0.1) is 11.9 Å². The van der Waals surface area contributed by atoms with Gasteiger partial charge in [0.25, 0.3) is 5.91 Å². The van der Waals surface area contributed by atoms with Crippen LogP contribution in [0, 0.1) is 6.92 Å².